The zero-order valence-corrected chi connectivity index (χ0v) is 10.2. The van der Waals surface area contributed by atoms with Gasteiger partial charge < -0.3 is 9.73 Å². The first-order chi connectivity index (χ1) is 8.08. The van der Waals surface area contributed by atoms with Crippen LogP contribution in [0.2, 0.25) is 0 Å². The maximum absolute atomic E-state index is 11.9. The van der Waals surface area contributed by atoms with Gasteiger partial charge in [-0.05, 0) is 44.0 Å². The SMILES string of the molecule is Cc1ccc(C(=O)Nc2c(C)cccc2C)o1. The van der Waals surface area contributed by atoms with Gasteiger partial charge in [-0.15, -0.1) is 0 Å². The molecule has 0 spiro atoms. The Labute approximate surface area is 100 Å². The number of furan rings is 1. The van der Waals surface area contributed by atoms with Gasteiger partial charge in [0.2, 0.25) is 0 Å². The molecule has 3 nitrogen and oxygen atoms in total. The molecule has 1 aromatic carbocycles. The molecule has 0 radical (unpaired) electrons. The summed E-state index contributed by atoms with van der Waals surface area (Å²) in [5, 5.41) is 2.88. The van der Waals surface area contributed by atoms with Crippen molar-refractivity contribution in [1.29, 1.82) is 0 Å². The van der Waals surface area contributed by atoms with E-state index in [9.17, 15) is 4.79 Å². The van der Waals surface area contributed by atoms with Gasteiger partial charge >= 0.3 is 0 Å². The number of benzene rings is 1. The number of anilines is 1. The highest BCUT2D eigenvalue weighted by atomic mass is 16.3. The van der Waals surface area contributed by atoms with Crippen molar-refractivity contribution in [3.8, 4) is 0 Å². The van der Waals surface area contributed by atoms with Crippen molar-refractivity contribution in [1.82, 2.24) is 0 Å². The van der Waals surface area contributed by atoms with E-state index in [1.165, 1.54) is 0 Å². The zero-order chi connectivity index (χ0) is 12.4. The summed E-state index contributed by atoms with van der Waals surface area (Å²) in [5.41, 5.74) is 2.94. The smallest absolute Gasteiger partial charge is 0.291 e. The number of hydrogen-bond donors (Lipinski definition) is 1. The zero-order valence-electron chi connectivity index (χ0n) is 10.2. The number of aryl methyl sites for hydroxylation is 3. The molecule has 88 valence electrons. The van der Waals surface area contributed by atoms with E-state index in [0.29, 0.717) is 5.76 Å². The molecule has 0 aliphatic heterocycles. The Morgan fingerprint density at radius 2 is 1.71 bits per heavy atom. The van der Waals surface area contributed by atoms with Gasteiger partial charge in [0.05, 0.1) is 0 Å². The summed E-state index contributed by atoms with van der Waals surface area (Å²) in [4.78, 5) is 11.9. The number of rotatable bonds is 2. The van der Waals surface area contributed by atoms with Crippen molar-refractivity contribution in [3.63, 3.8) is 0 Å². The Kier molecular flexibility index (Phi) is 3.00. The van der Waals surface area contributed by atoms with E-state index >= 15 is 0 Å². The van der Waals surface area contributed by atoms with Gasteiger partial charge in [0.25, 0.3) is 5.91 Å². The van der Waals surface area contributed by atoms with Gasteiger partial charge in [-0.25, -0.2) is 0 Å². The Morgan fingerprint density at radius 3 is 2.24 bits per heavy atom. The molecule has 0 atom stereocenters. The third kappa shape index (κ3) is 2.38. The van der Waals surface area contributed by atoms with Crippen LogP contribution in [-0.4, -0.2) is 5.91 Å². The van der Waals surface area contributed by atoms with Gasteiger partial charge in [0, 0.05) is 5.69 Å². The van der Waals surface area contributed by atoms with Crippen molar-refractivity contribution >= 4 is 11.6 Å². The fourth-order valence-electron chi connectivity index (χ4n) is 1.74. The first-order valence-electron chi connectivity index (χ1n) is 5.52. The van der Waals surface area contributed by atoms with Crippen molar-refractivity contribution in [2.45, 2.75) is 20.8 Å². The van der Waals surface area contributed by atoms with Gasteiger partial charge in [-0.3, -0.25) is 4.79 Å². The summed E-state index contributed by atoms with van der Waals surface area (Å²) in [6, 6.07) is 9.36. The molecule has 0 bridgehead atoms. The van der Waals surface area contributed by atoms with Crippen molar-refractivity contribution < 1.29 is 9.21 Å². The van der Waals surface area contributed by atoms with Gasteiger partial charge in [0.1, 0.15) is 5.76 Å². The lowest BCUT2D eigenvalue weighted by molar-refractivity contribution is 0.0995. The fourth-order valence-corrected chi connectivity index (χ4v) is 1.74. The highest BCUT2D eigenvalue weighted by Crippen LogP contribution is 2.20. The molecule has 1 amide bonds. The molecule has 2 aromatic rings. The lowest BCUT2D eigenvalue weighted by Gasteiger charge is -2.10. The number of hydrogen-bond acceptors (Lipinski definition) is 2. The van der Waals surface area contributed by atoms with Crippen LogP contribution < -0.4 is 5.32 Å². The van der Waals surface area contributed by atoms with E-state index in [4.69, 9.17) is 4.42 Å². The quantitative estimate of drug-likeness (QED) is 0.856. The molecule has 3 heteroatoms. The van der Waals surface area contributed by atoms with E-state index in [1.54, 1.807) is 12.1 Å². The van der Waals surface area contributed by atoms with Crippen molar-refractivity contribution in [2.75, 3.05) is 5.32 Å². The Hall–Kier alpha value is -2.03. The first kappa shape index (κ1) is 11.5. The molecule has 1 N–H and O–H groups in total. The van der Waals surface area contributed by atoms with E-state index in [-0.39, 0.29) is 5.91 Å². The average molecular weight is 229 g/mol. The number of para-hydroxylation sites is 1. The highest BCUT2D eigenvalue weighted by molar-refractivity contribution is 6.03. The van der Waals surface area contributed by atoms with Crippen LogP contribution in [0, 0.1) is 20.8 Å². The summed E-state index contributed by atoms with van der Waals surface area (Å²) < 4.78 is 5.29. The number of amides is 1. The predicted molar refractivity (Wildman–Crippen MR) is 67.3 cm³/mol. The largest absolute Gasteiger partial charge is 0.456 e. The maximum atomic E-state index is 11.9. The lowest BCUT2D eigenvalue weighted by Crippen LogP contribution is -2.12. The fraction of sp³-hybridized carbons (Fsp3) is 0.214. The monoisotopic (exact) mass is 229 g/mol. The van der Waals surface area contributed by atoms with Crippen LogP contribution in [0.5, 0.6) is 0 Å². The topological polar surface area (TPSA) is 42.2 Å². The minimum Gasteiger partial charge on any atom is -0.456 e. The van der Waals surface area contributed by atoms with E-state index in [1.807, 2.05) is 39.0 Å². The standard InChI is InChI=1S/C14H15NO2/c1-9-5-4-6-10(2)13(9)15-14(16)12-8-7-11(3)17-12/h4-8H,1-3H3,(H,15,16). The van der Waals surface area contributed by atoms with Crippen molar-refractivity contribution in [2.24, 2.45) is 0 Å². The van der Waals surface area contributed by atoms with Crippen LogP contribution in [0.4, 0.5) is 5.69 Å². The third-order valence-corrected chi connectivity index (χ3v) is 2.68. The van der Waals surface area contributed by atoms with Crippen LogP contribution >= 0.6 is 0 Å². The van der Waals surface area contributed by atoms with Crippen LogP contribution in [0.1, 0.15) is 27.4 Å². The Bertz CT molecular complexity index is 535. The average Bonchev–Trinajstić information content (AvgIpc) is 2.70. The van der Waals surface area contributed by atoms with E-state index < -0.39 is 0 Å². The highest BCUT2D eigenvalue weighted by Gasteiger charge is 2.12. The molecular formula is C14H15NO2. The first-order valence-corrected chi connectivity index (χ1v) is 5.52. The molecule has 0 fully saturated rings. The van der Waals surface area contributed by atoms with Crippen LogP contribution in [0.3, 0.4) is 0 Å². The molecule has 0 saturated carbocycles. The van der Waals surface area contributed by atoms with Gasteiger partial charge in [-0.2, -0.15) is 0 Å². The summed E-state index contributed by atoms with van der Waals surface area (Å²) in [6.45, 7) is 5.75. The van der Waals surface area contributed by atoms with Gasteiger partial charge in [0.15, 0.2) is 5.76 Å². The molecular weight excluding hydrogens is 214 g/mol. The number of nitrogens with one attached hydrogen (secondary N) is 1. The van der Waals surface area contributed by atoms with E-state index in [0.717, 1.165) is 22.6 Å². The van der Waals surface area contributed by atoms with E-state index in [2.05, 4.69) is 5.32 Å². The van der Waals surface area contributed by atoms with Crippen LogP contribution in [0.25, 0.3) is 0 Å². The molecule has 17 heavy (non-hydrogen) atoms. The van der Waals surface area contributed by atoms with Crippen molar-refractivity contribution in [3.05, 3.63) is 53.0 Å². The van der Waals surface area contributed by atoms with Gasteiger partial charge in [-0.1, -0.05) is 18.2 Å². The van der Waals surface area contributed by atoms with Crippen LogP contribution in [-0.2, 0) is 0 Å². The Morgan fingerprint density at radius 1 is 1.06 bits per heavy atom. The second-order valence-electron chi connectivity index (χ2n) is 4.13. The molecule has 1 heterocycles. The molecule has 0 aliphatic carbocycles. The maximum Gasteiger partial charge on any atom is 0.291 e. The molecule has 1 aromatic heterocycles. The molecule has 0 aliphatic rings. The second-order valence-corrected chi connectivity index (χ2v) is 4.13. The molecule has 0 unspecified atom stereocenters. The predicted octanol–water partition coefficient (Wildman–Crippen LogP) is 3.46. The summed E-state index contributed by atoms with van der Waals surface area (Å²) >= 11 is 0. The normalized spacial score (nSPS) is 10.3. The lowest BCUT2D eigenvalue weighted by atomic mass is 10.1. The summed E-state index contributed by atoms with van der Waals surface area (Å²) in [5.74, 6) is 0.859. The number of carbonyl (C=O) groups is 1. The number of carbonyl (C=O) groups excluding carboxylic acids is 1. The summed E-state index contributed by atoms with van der Waals surface area (Å²) in [7, 11) is 0. The second kappa shape index (κ2) is 4.45. The third-order valence-electron chi connectivity index (χ3n) is 2.68. The Balaban J connectivity index is 2.24. The molecule has 2 rings (SSSR count). The molecule has 0 saturated heterocycles. The minimum absolute atomic E-state index is 0.213. The van der Waals surface area contributed by atoms with Crippen LogP contribution in [0.15, 0.2) is 34.7 Å². The minimum atomic E-state index is -0.213. The summed E-state index contributed by atoms with van der Waals surface area (Å²) in [6.07, 6.45) is 0.